The lowest BCUT2D eigenvalue weighted by atomic mass is 10.2. The smallest absolute Gasteiger partial charge is 0.144 e. The first-order chi connectivity index (χ1) is 10.3. The molecule has 1 aliphatic heterocycles. The van der Waals surface area contributed by atoms with Crippen LogP contribution in [0.1, 0.15) is 24.4 Å². The van der Waals surface area contributed by atoms with Gasteiger partial charge in [0.05, 0.1) is 17.6 Å². The minimum Gasteiger partial charge on any atom is -0.364 e. The van der Waals surface area contributed by atoms with Crippen LogP contribution in [0, 0.1) is 0 Å². The number of nitrogens with zero attached hydrogens (tertiary/aromatic N) is 4. The van der Waals surface area contributed by atoms with E-state index in [1.807, 2.05) is 6.20 Å². The maximum atomic E-state index is 4.69. The largest absolute Gasteiger partial charge is 0.364 e. The predicted molar refractivity (Wildman–Crippen MR) is 84.1 cm³/mol. The summed E-state index contributed by atoms with van der Waals surface area (Å²) in [5, 5.41) is 4.34. The topological polar surface area (TPSA) is 71.4 Å². The number of rotatable bonds is 3. The lowest BCUT2D eigenvalue weighted by molar-refractivity contribution is 0.522. The number of hydrogen-bond donors (Lipinski definition) is 2. The molecule has 7 heteroatoms. The SMILES string of the molecule is Brc1c[nH]c2ncnc(NCc3cn4c(n3)CCCC4)c12. The highest BCUT2D eigenvalue weighted by molar-refractivity contribution is 9.10. The fourth-order valence-corrected chi connectivity index (χ4v) is 3.28. The second-order valence-electron chi connectivity index (χ2n) is 5.24. The molecule has 108 valence electrons. The van der Waals surface area contributed by atoms with Crippen molar-refractivity contribution in [2.75, 3.05) is 5.32 Å². The van der Waals surface area contributed by atoms with Crippen LogP contribution >= 0.6 is 15.9 Å². The summed E-state index contributed by atoms with van der Waals surface area (Å²) in [5.74, 6) is 2.02. The van der Waals surface area contributed by atoms with E-state index in [0.717, 1.165) is 40.0 Å². The first kappa shape index (κ1) is 12.8. The highest BCUT2D eigenvalue weighted by Crippen LogP contribution is 2.27. The standard InChI is InChI=1S/C14H15BrN6/c15-10-6-17-14-12(10)13(18-8-19-14)16-5-9-7-21-4-2-1-3-11(21)20-9/h6-8H,1-5H2,(H2,16,17,18,19). The molecule has 4 heterocycles. The number of aromatic nitrogens is 5. The van der Waals surface area contributed by atoms with Crippen LogP contribution in [-0.4, -0.2) is 24.5 Å². The Kier molecular flexibility index (Phi) is 3.14. The van der Waals surface area contributed by atoms with Crippen molar-refractivity contribution in [2.24, 2.45) is 0 Å². The van der Waals surface area contributed by atoms with E-state index in [4.69, 9.17) is 4.98 Å². The third-order valence-corrected chi connectivity index (χ3v) is 4.44. The van der Waals surface area contributed by atoms with Gasteiger partial charge in [0.15, 0.2) is 0 Å². The molecule has 0 spiro atoms. The Hall–Kier alpha value is -1.89. The summed E-state index contributed by atoms with van der Waals surface area (Å²) in [5.41, 5.74) is 1.88. The van der Waals surface area contributed by atoms with Crippen LogP contribution in [0.5, 0.6) is 0 Å². The van der Waals surface area contributed by atoms with Crippen LogP contribution in [0.2, 0.25) is 0 Å². The minimum absolute atomic E-state index is 0.670. The lowest BCUT2D eigenvalue weighted by Crippen LogP contribution is -2.08. The zero-order chi connectivity index (χ0) is 14.2. The molecule has 6 nitrogen and oxygen atoms in total. The number of aromatic amines is 1. The molecule has 3 aromatic heterocycles. The number of aryl methyl sites for hydroxylation is 2. The summed E-state index contributed by atoms with van der Waals surface area (Å²) in [6.07, 6.45) is 9.16. The molecule has 3 aromatic rings. The van der Waals surface area contributed by atoms with Crippen molar-refractivity contribution in [1.29, 1.82) is 0 Å². The van der Waals surface area contributed by atoms with Crippen molar-refractivity contribution in [2.45, 2.75) is 32.4 Å². The van der Waals surface area contributed by atoms with Gasteiger partial charge in [-0.25, -0.2) is 15.0 Å². The highest BCUT2D eigenvalue weighted by Gasteiger charge is 2.13. The van der Waals surface area contributed by atoms with Crippen LogP contribution in [0.4, 0.5) is 5.82 Å². The number of H-pyrrole nitrogens is 1. The van der Waals surface area contributed by atoms with E-state index in [-0.39, 0.29) is 0 Å². The minimum atomic E-state index is 0.670. The molecule has 0 saturated carbocycles. The van der Waals surface area contributed by atoms with Crippen LogP contribution in [0.3, 0.4) is 0 Å². The summed E-state index contributed by atoms with van der Waals surface area (Å²) in [6, 6.07) is 0. The second-order valence-corrected chi connectivity index (χ2v) is 6.09. The number of nitrogens with one attached hydrogen (secondary N) is 2. The number of halogens is 1. The van der Waals surface area contributed by atoms with Gasteiger partial charge < -0.3 is 14.9 Å². The molecule has 0 amide bonds. The molecule has 0 unspecified atom stereocenters. The Bertz CT molecular complexity index is 766. The van der Waals surface area contributed by atoms with Crippen molar-refractivity contribution in [1.82, 2.24) is 24.5 Å². The lowest BCUT2D eigenvalue weighted by Gasteiger charge is -2.11. The van der Waals surface area contributed by atoms with Gasteiger partial charge in [-0.2, -0.15) is 0 Å². The average Bonchev–Trinajstić information content (AvgIpc) is 3.09. The van der Waals surface area contributed by atoms with Crippen molar-refractivity contribution < 1.29 is 0 Å². The molecular formula is C14H15BrN6. The van der Waals surface area contributed by atoms with Crippen molar-refractivity contribution in [3.8, 4) is 0 Å². The summed E-state index contributed by atoms with van der Waals surface area (Å²) < 4.78 is 3.23. The summed E-state index contributed by atoms with van der Waals surface area (Å²) in [4.78, 5) is 16.3. The Balaban J connectivity index is 1.58. The highest BCUT2D eigenvalue weighted by atomic mass is 79.9. The molecule has 0 saturated heterocycles. The second kappa shape index (κ2) is 5.14. The first-order valence-corrected chi connectivity index (χ1v) is 7.87. The van der Waals surface area contributed by atoms with Gasteiger partial charge in [-0.05, 0) is 28.8 Å². The maximum absolute atomic E-state index is 4.69. The third-order valence-electron chi connectivity index (χ3n) is 3.82. The van der Waals surface area contributed by atoms with Crippen molar-refractivity contribution in [3.63, 3.8) is 0 Å². The van der Waals surface area contributed by atoms with Gasteiger partial charge in [0, 0.05) is 29.8 Å². The molecule has 0 atom stereocenters. The zero-order valence-electron chi connectivity index (χ0n) is 11.4. The van der Waals surface area contributed by atoms with E-state index < -0.39 is 0 Å². The number of fused-ring (bicyclic) bond motifs is 2. The van der Waals surface area contributed by atoms with E-state index in [1.54, 1.807) is 6.33 Å². The summed E-state index contributed by atoms with van der Waals surface area (Å²) in [7, 11) is 0. The van der Waals surface area contributed by atoms with Gasteiger partial charge >= 0.3 is 0 Å². The van der Waals surface area contributed by atoms with Crippen LogP contribution in [0.25, 0.3) is 11.0 Å². The first-order valence-electron chi connectivity index (χ1n) is 7.07. The molecule has 1 aliphatic rings. The van der Waals surface area contributed by atoms with Gasteiger partial charge in [0.2, 0.25) is 0 Å². The quantitative estimate of drug-likeness (QED) is 0.764. The third kappa shape index (κ3) is 2.31. The van der Waals surface area contributed by atoms with Gasteiger partial charge in [-0.3, -0.25) is 0 Å². The maximum Gasteiger partial charge on any atom is 0.144 e. The van der Waals surface area contributed by atoms with E-state index in [9.17, 15) is 0 Å². The summed E-state index contributed by atoms with van der Waals surface area (Å²) in [6.45, 7) is 1.76. The normalized spacial score (nSPS) is 14.3. The molecule has 21 heavy (non-hydrogen) atoms. The van der Waals surface area contributed by atoms with Gasteiger partial charge in [0.1, 0.15) is 23.6 Å². The molecule has 0 radical (unpaired) electrons. The predicted octanol–water partition coefficient (Wildman–Crippen LogP) is 2.87. The molecule has 0 fully saturated rings. The molecule has 0 aliphatic carbocycles. The van der Waals surface area contributed by atoms with Gasteiger partial charge in [-0.15, -0.1) is 0 Å². The zero-order valence-corrected chi connectivity index (χ0v) is 13.0. The van der Waals surface area contributed by atoms with Crippen molar-refractivity contribution >= 4 is 32.8 Å². The fraction of sp³-hybridized carbons (Fsp3) is 0.357. The number of anilines is 1. The number of imidazole rings is 1. The summed E-state index contributed by atoms with van der Waals surface area (Å²) >= 11 is 3.52. The van der Waals surface area contributed by atoms with Gasteiger partial charge in [-0.1, -0.05) is 0 Å². The Morgan fingerprint density at radius 1 is 1.33 bits per heavy atom. The van der Waals surface area contributed by atoms with Gasteiger partial charge in [0.25, 0.3) is 0 Å². The Morgan fingerprint density at radius 3 is 3.19 bits per heavy atom. The van der Waals surface area contributed by atoms with Crippen LogP contribution in [0.15, 0.2) is 23.2 Å². The van der Waals surface area contributed by atoms with E-state index in [0.29, 0.717) is 6.54 Å². The average molecular weight is 347 g/mol. The van der Waals surface area contributed by atoms with Crippen molar-refractivity contribution in [3.05, 3.63) is 34.7 Å². The molecule has 2 N–H and O–H groups in total. The van der Waals surface area contributed by atoms with Crippen LogP contribution < -0.4 is 5.32 Å². The Labute approximate surface area is 130 Å². The molecular weight excluding hydrogens is 332 g/mol. The molecule has 0 bridgehead atoms. The monoisotopic (exact) mass is 346 g/mol. The number of hydrogen-bond acceptors (Lipinski definition) is 4. The molecule has 0 aromatic carbocycles. The fourth-order valence-electron chi connectivity index (χ4n) is 2.79. The van der Waals surface area contributed by atoms with E-state index in [1.165, 1.54) is 18.7 Å². The molecule has 4 rings (SSSR count). The Morgan fingerprint density at radius 2 is 2.29 bits per heavy atom. The van der Waals surface area contributed by atoms with E-state index in [2.05, 4.69) is 47.0 Å². The van der Waals surface area contributed by atoms with Crippen LogP contribution in [-0.2, 0) is 19.5 Å². The van der Waals surface area contributed by atoms with E-state index >= 15 is 0 Å².